The topological polar surface area (TPSA) is 44.7 Å². The zero-order chi connectivity index (χ0) is 20.7. The van der Waals surface area contributed by atoms with Crippen molar-refractivity contribution in [2.45, 2.75) is 37.0 Å². The van der Waals surface area contributed by atoms with E-state index in [4.69, 9.17) is 0 Å². The molecule has 5 rings (SSSR count). The number of hydrogen-bond donors (Lipinski definition) is 1. The van der Waals surface area contributed by atoms with E-state index in [0.29, 0.717) is 17.9 Å². The molecule has 1 amide bonds. The van der Waals surface area contributed by atoms with Crippen LogP contribution in [0.2, 0.25) is 0 Å². The molecule has 1 saturated heterocycles. The van der Waals surface area contributed by atoms with E-state index in [-0.39, 0.29) is 17.4 Å². The molecule has 0 aromatic heterocycles. The molecule has 4 nitrogen and oxygen atoms in total. The highest BCUT2D eigenvalue weighted by atomic mass is 32.2. The molecule has 156 valence electrons. The first-order valence-electron chi connectivity index (χ1n) is 10.4. The van der Waals surface area contributed by atoms with Crippen LogP contribution in [0.1, 0.15) is 42.4 Å². The van der Waals surface area contributed by atoms with Crippen molar-refractivity contribution in [3.05, 3.63) is 70.8 Å². The van der Waals surface area contributed by atoms with Crippen molar-refractivity contribution in [1.82, 2.24) is 10.3 Å². The van der Waals surface area contributed by atoms with Gasteiger partial charge in [0.25, 0.3) is 0 Å². The van der Waals surface area contributed by atoms with E-state index in [1.807, 2.05) is 18.2 Å². The third kappa shape index (κ3) is 3.34. The molecule has 30 heavy (non-hydrogen) atoms. The molecule has 1 aliphatic carbocycles. The van der Waals surface area contributed by atoms with Gasteiger partial charge in [0.05, 0.1) is 0 Å². The lowest BCUT2D eigenvalue weighted by Gasteiger charge is -2.33. The van der Waals surface area contributed by atoms with Gasteiger partial charge in [-0.1, -0.05) is 36.0 Å². The number of nitrogens with one attached hydrogen (secondary N) is 1. The Labute approximate surface area is 178 Å². The third-order valence-electron chi connectivity index (χ3n) is 6.23. The van der Waals surface area contributed by atoms with Crippen molar-refractivity contribution in [1.29, 1.82) is 0 Å². The number of hydrogen-bond acceptors (Lipinski definition) is 4. The van der Waals surface area contributed by atoms with Gasteiger partial charge >= 0.3 is 0 Å². The molecule has 7 heteroatoms. The van der Waals surface area contributed by atoms with Gasteiger partial charge in [-0.25, -0.2) is 13.8 Å². The molecule has 2 aliphatic heterocycles. The van der Waals surface area contributed by atoms with Gasteiger partial charge in [-0.15, -0.1) is 0 Å². The van der Waals surface area contributed by atoms with E-state index in [1.165, 1.54) is 17.3 Å². The molecule has 2 aromatic carbocycles. The molecule has 1 N–H and O–H groups in total. The highest BCUT2D eigenvalue weighted by molar-refractivity contribution is 8.15. The number of thioether (sulfide) groups is 1. The standard InChI is InChI=1S/C23H23F2N3OS/c24-17-7-8-20(25)18(13-17)22-27-28(21(29)12-15-4-3-11-26-14-15)23(30-22)10-9-16-5-1-2-6-19(16)23/h1-2,5-8,13,15,26H,3-4,9-12,14H2. The highest BCUT2D eigenvalue weighted by Crippen LogP contribution is 2.55. The van der Waals surface area contributed by atoms with Crippen LogP contribution in [0.4, 0.5) is 8.78 Å². The highest BCUT2D eigenvalue weighted by Gasteiger charge is 2.52. The van der Waals surface area contributed by atoms with E-state index < -0.39 is 16.5 Å². The van der Waals surface area contributed by atoms with Crippen molar-refractivity contribution in [2.24, 2.45) is 11.0 Å². The zero-order valence-electron chi connectivity index (χ0n) is 16.5. The average Bonchev–Trinajstić information content (AvgIpc) is 3.33. The molecule has 0 bridgehead atoms. The lowest BCUT2D eigenvalue weighted by molar-refractivity contribution is -0.135. The van der Waals surface area contributed by atoms with Gasteiger partial charge in [-0.2, -0.15) is 5.10 Å². The van der Waals surface area contributed by atoms with Crippen molar-refractivity contribution < 1.29 is 13.6 Å². The number of benzene rings is 2. The molecule has 2 heterocycles. The number of carbonyl (C=O) groups is 1. The minimum Gasteiger partial charge on any atom is -0.316 e. The second kappa shape index (κ2) is 7.78. The zero-order valence-corrected chi connectivity index (χ0v) is 17.4. The SMILES string of the molecule is O=C(CC1CCCNC1)N1N=C(c2cc(F)ccc2F)SC12CCc1ccccc12. The summed E-state index contributed by atoms with van der Waals surface area (Å²) >= 11 is 1.37. The molecule has 1 fully saturated rings. The predicted octanol–water partition coefficient (Wildman–Crippen LogP) is 4.39. The van der Waals surface area contributed by atoms with E-state index in [1.54, 1.807) is 5.01 Å². The van der Waals surface area contributed by atoms with Crippen molar-refractivity contribution in [3.63, 3.8) is 0 Å². The number of fused-ring (bicyclic) bond motifs is 2. The minimum atomic E-state index is -0.691. The van der Waals surface area contributed by atoms with Crippen LogP contribution in [-0.2, 0) is 16.1 Å². The Morgan fingerprint density at radius 2 is 2.13 bits per heavy atom. The van der Waals surface area contributed by atoms with Gasteiger partial charge in [0.15, 0.2) is 0 Å². The molecular weight excluding hydrogens is 404 g/mol. The summed E-state index contributed by atoms with van der Waals surface area (Å²) in [5.74, 6) is -0.835. The second-order valence-corrected chi connectivity index (χ2v) is 9.46. The Morgan fingerprint density at radius 3 is 2.97 bits per heavy atom. The maximum atomic E-state index is 14.5. The fourth-order valence-corrected chi connectivity index (χ4v) is 6.19. The lowest BCUT2D eigenvalue weighted by atomic mass is 9.95. The summed E-state index contributed by atoms with van der Waals surface area (Å²) in [6.07, 6.45) is 4.00. The van der Waals surface area contributed by atoms with Crippen molar-refractivity contribution in [2.75, 3.05) is 13.1 Å². The van der Waals surface area contributed by atoms with Crippen LogP contribution >= 0.6 is 11.8 Å². The fraction of sp³-hybridized carbons (Fsp3) is 0.391. The minimum absolute atomic E-state index is 0.0558. The van der Waals surface area contributed by atoms with Gasteiger partial charge in [0.1, 0.15) is 21.5 Å². The molecule has 0 saturated carbocycles. The van der Waals surface area contributed by atoms with Crippen LogP contribution in [0.5, 0.6) is 0 Å². The van der Waals surface area contributed by atoms with Gasteiger partial charge in [0.2, 0.25) is 5.91 Å². The summed E-state index contributed by atoms with van der Waals surface area (Å²) in [6, 6.07) is 11.4. The van der Waals surface area contributed by atoms with Crippen LogP contribution in [0.3, 0.4) is 0 Å². The Hall–Kier alpha value is -2.25. The average molecular weight is 428 g/mol. The van der Waals surface area contributed by atoms with E-state index in [0.717, 1.165) is 56.1 Å². The normalized spacial score (nSPS) is 25.5. The molecule has 1 spiro atoms. The van der Waals surface area contributed by atoms with Crippen LogP contribution in [0.25, 0.3) is 0 Å². The largest absolute Gasteiger partial charge is 0.316 e. The van der Waals surface area contributed by atoms with Gasteiger partial charge in [-0.3, -0.25) is 4.79 Å². The Kier molecular flexibility index (Phi) is 5.11. The molecule has 2 aromatic rings. The van der Waals surface area contributed by atoms with E-state index >= 15 is 0 Å². The first kappa shape index (κ1) is 19.7. The molecular formula is C23H23F2N3OS. The first-order valence-corrected chi connectivity index (χ1v) is 11.2. The monoisotopic (exact) mass is 427 g/mol. The summed E-state index contributed by atoms with van der Waals surface area (Å²) < 4.78 is 28.4. The number of carbonyl (C=O) groups excluding carboxylic acids is 1. The summed E-state index contributed by atoms with van der Waals surface area (Å²) in [7, 11) is 0. The lowest BCUT2D eigenvalue weighted by Crippen LogP contribution is -2.42. The van der Waals surface area contributed by atoms with Gasteiger partial charge in [-0.05, 0) is 74.0 Å². The summed E-state index contributed by atoms with van der Waals surface area (Å²) in [5, 5.41) is 9.88. The van der Waals surface area contributed by atoms with Crippen LogP contribution < -0.4 is 5.32 Å². The summed E-state index contributed by atoms with van der Waals surface area (Å²) in [6.45, 7) is 1.81. The number of hydrazone groups is 1. The van der Waals surface area contributed by atoms with Crippen LogP contribution in [0, 0.1) is 17.6 Å². The number of aryl methyl sites for hydroxylation is 1. The quantitative estimate of drug-likeness (QED) is 0.790. The van der Waals surface area contributed by atoms with Crippen molar-refractivity contribution >= 4 is 22.7 Å². The Morgan fingerprint density at radius 1 is 1.27 bits per heavy atom. The predicted molar refractivity (Wildman–Crippen MR) is 114 cm³/mol. The summed E-state index contributed by atoms with van der Waals surface area (Å²) in [5.41, 5.74) is 2.33. The molecule has 2 unspecified atom stereocenters. The number of piperidine rings is 1. The maximum Gasteiger partial charge on any atom is 0.244 e. The van der Waals surface area contributed by atoms with Gasteiger partial charge < -0.3 is 5.32 Å². The van der Waals surface area contributed by atoms with Gasteiger partial charge in [0, 0.05) is 12.0 Å². The maximum absolute atomic E-state index is 14.5. The number of amides is 1. The molecule has 3 aliphatic rings. The van der Waals surface area contributed by atoms with E-state index in [2.05, 4.69) is 16.5 Å². The molecule has 2 atom stereocenters. The number of rotatable bonds is 3. The van der Waals surface area contributed by atoms with E-state index in [9.17, 15) is 13.6 Å². The summed E-state index contributed by atoms with van der Waals surface area (Å²) in [4.78, 5) is 12.7. The first-order chi connectivity index (χ1) is 14.6. The number of halogens is 2. The van der Waals surface area contributed by atoms with Crippen LogP contribution in [0.15, 0.2) is 47.6 Å². The van der Waals surface area contributed by atoms with Crippen molar-refractivity contribution in [3.8, 4) is 0 Å². The molecule has 0 radical (unpaired) electrons. The fourth-order valence-electron chi connectivity index (χ4n) is 4.74. The smallest absolute Gasteiger partial charge is 0.244 e. The Bertz CT molecular complexity index is 1020. The second-order valence-electron chi connectivity index (χ2n) is 8.19. The number of nitrogens with zero attached hydrogens (tertiary/aromatic N) is 2. The van der Waals surface area contributed by atoms with Crippen LogP contribution in [-0.4, -0.2) is 29.0 Å². The third-order valence-corrected chi connectivity index (χ3v) is 7.66. The Balaban J connectivity index is 1.53.